The van der Waals surface area contributed by atoms with Crippen LogP contribution in [0.15, 0.2) is 48.5 Å². The van der Waals surface area contributed by atoms with Gasteiger partial charge in [0.25, 0.3) is 5.69 Å². The minimum absolute atomic E-state index is 0.0481. The van der Waals surface area contributed by atoms with Crippen molar-refractivity contribution >= 4 is 29.3 Å². The molecule has 34 heavy (non-hydrogen) atoms. The largest absolute Gasteiger partial charge is 0.352 e. The molecule has 1 aliphatic carbocycles. The fraction of sp³-hybridized carbons (Fsp3) is 0.462. The van der Waals surface area contributed by atoms with Crippen molar-refractivity contribution in [3.05, 3.63) is 75.3 Å². The molecular weight excluding hydrogens is 450 g/mol. The Morgan fingerprint density at radius 1 is 1.12 bits per heavy atom. The van der Waals surface area contributed by atoms with Gasteiger partial charge in [-0.3, -0.25) is 19.7 Å². The first-order valence-corrected chi connectivity index (χ1v) is 13.0. The summed E-state index contributed by atoms with van der Waals surface area (Å²) < 4.78 is 0. The molecule has 3 rings (SSSR count). The second kappa shape index (κ2) is 12.6. The molecule has 0 aromatic heterocycles. The van der Waals surface area contributed by atoms with Crippen molar-refractivity contribution in [2.45, 2.75) is 70.3 Å². The molecule has 7 nitrogen and oxygen atoms in total. The molecule has 182 valence electrons. The van der Waals surface area contributed by atoms with Crippen molar-refractivity contribution in [2.75, 3.05) is 5.75 Å². The van der Waals surface area contributed by atoms with Gasteiger partial charge in [-0.2, -0.15) is 0 Å². The molecule has 2 aromatic carbocycles. The van der Waals surface area contributed by atoms with Crippen LogP contribution in [-0.2, 0) is 21.9 Å². The third-order valence-electron chi connectivity index (χ3n) is 6.20. The number of nitrogens with zero attached hydrogens (tertiary/aromatic N) is 2. The second-order valence-corrected chi connectivity index (χ2v) is 9.93. The van der Waals surface area contributed by atoms with Crippen LogP contribution in [0.5, 0.6) is 0 Å². The number of non-ortho nitro benzene ring substituents is 1. The van der Waals surface area contributed by atoms with Gasteiger partial charge in [0.2, 0.25) is 11.8 Å². The first-order chi connectivity index (χ1) is 16.3. The summed E-state index contributed by atoms with van der Waals surface area (Å²) in [5.74, 6) is 0.585. The quantitative estimate of drug-likeness (QED) is 0.379. The Morgan fingerprint density at radius 2 is 1.82 bits per heavy atom. The maximum atomic E-state index is 13.2. The number of carbonyl (C=O) groups excluding carboxylic acids is 2. The van der Waals surface area contributed by atoms with Gasteiger partial charge >= 0.3 is 0 Å². The van der Waals surface area contributed by atoms with Crippen LogP contribution >= 0.6 is 11.8 Å². The minimum atomic E-state index is -0.574. The standard InChI is InChI=1S/C26H33N3O4S/c1-19-7-6-8-22(15-19)16-28(20(2)26(31)27-23-9-4-3-5-10-23)25(30)18-34-17-21-11-13-24(14-12-21)29(32)33/h6-8,11-15,20,23H,3-5,9-10,16-18H2,1-2H3,(H,27,31)/t20-/m1/s1. The summed E-state index contributed by atoms with van der Waals surface area (Å²) in [5, 5.41) is 14.0. The van der Waals surface area contributed by atoms with Crippen LogP contribution in [0.2, 0.25) is 0 Å². The topological polar surface area (TPSA) is 92.6 Å². The monoisotopic (exact) mass is 483 g/mol. The number of thioether (sulfide) groups is 1. The maximum Gasteiger partial charge on any atom is 0.269 e. The molecule has 1 fully saturated rings. The molecule has 2 amide bonds. The number of nitro groups is 1. The zero-order chi connectivity index (χ0) is 24.5. The summed E-state index contributed by atoms with van der Waals surface area (Å²) in [5.41, 5.74) is 3.06. The molecular formula is C26H33N3O4S. The number of amides is 2. The van der Waals surface area contributed by atoms with E-state index in [2.05, 4.69) is 5.32 Å². The van der Waals surface area contributed by atoms with Crippen LogP contribution in [-0.4, -0.2) is 39.5 Å². The van der Waals surface area contributed by atoms with Gasteiger partial charge in [0, 0.05) is 30.5 Å². The molecule has 0 bridgehead atoms. The molecule has 0 saturated heterocycles. The lowest BCUT2D eigenvalue weighted by Gasteiger charge is -2.31. The van der Waals surface area contributed by atoms with E-state index in [1.165, 1.54) is 30.3 Å². The molecule has 8 heteroatoms. The van der Waals surface area contributed by atoms with Crippen molar-refractivity contribution in [3.8, 4) is 0 Å². The van der Waals surface area contributed by atoms with E-state index >= 15 is 0 Å². The molecule has 1 N–H and O–H groups in total. The van der Waals surface area contributed by atoms with Crippen LogP contribution in [0.25, 0.3) is 0 Å². The minimum Gasteiger partial charge on any atom is -0.352 e. The molecule has 0 unspecified atom stereocenters. The average molecular weight is 484 g/mol. The molecule has 0 aliphatic heterocycles. The van der Waals surface area contributed by atoms with Crippen molar-refractivity contribution in [1.82, 2.24) is 10.2 Å². The highest BCUT2D eigenvalue weighted by atomic mass is 32.2. The molecule has 0 spiro atoms. The van der Waals surface area contributed by atoms with Gasteiger partial charge in [-0.1, -0.05) is 61.2 Å². The first kappa shape index (κ1) is 25.7. The SMILES string of the molecule is Cc1cccc(CN(C(=O)CSCc2ccc([N+](=O)[O-])cc2)[C@H](C)C(=O)NC2CCCCC2)c1. The number of nitrogens with one attached hydrogen (secondary N) is 1. The summed E-state index contributed by atoms with van der Waals surface area (Å²) in [6.45, 7) is 4.18. The van der Waals surface area contributed by atoms with Crippen molar-refractivity contribution < 1.29 is 14.5 Å². The van der Waals surface area contributed by atoms with E-state index < -0.39 is 11.0 Å². The van der Waals surface area contributed by atoms with E-state index in [0.717, 1.165) is 42.4 Å². The van der Waals surface area contributed by atoms with E-state index in [9.17, 15) is 19.7 Å². The van der Waals surface area contributed by atoms with Crippen molar-refractivity contribution in [3.63, 3.8) is 0 Å². The van der Waals surface area contributed by atoms with Crippen LogP contribution in [0, 0.1) is 17.0 Å². The highest BCUT2D eigenvalue weighted by Gasteiger charge is 2.28. The van der Waals surface area contributed by atoms with Gasteiger partial charge in [-0.05, 0) is 37.8 Å². The molecule has 1 saturated carbocycles. The molecule has 2 aromatic rings. The number of hydrogen-bond acceptors (Lipinski definition) is 5. The Balaban J connectivity index is 1.64. The third-order valence-corrected chi connectivity index (χ3v) is 7.18. The number of nitro benzene ring substituents is 1. The number of rotatable bonds is 10. The Labute approximate surface area is 205 Å². The normalized spacial score (nSPS) is 14.9. The summed E-state index contributed by atoms with van der Waals surface area (Å²) in [6, 6.07) is 14.0. The Bertz CT molecular complexity index is 990. The van der Waals surface area contributed by atoms with Gasteiger partial charge < -0.3 is 10.2 Å². The first-order valence-electron chi connectivity index (χ1n) is 11.8. The maximum absolute atomic E-state index is 13.2. The van der Waals surface area contributed by atoms with Crippen molar-refractivity contribution in [1.29, 1.82) is 0 Å². The summed E-state index contributed by atoms with van der Waals surface area (Å²) >= 11 is 1.44. The Kier molecular flexibility index (Phi) is 9.51. The van der Waals surface area contributed by atoms with E-state index in [4.69, 9.17) is 0 Å². The van der Waals surface area contributed by atoms with E-state index in [-0.39, 0.29) is 29.3 Å². The number of carbonyl (C=O) groups is 2. The smallest absolute Gasteiger partial charge is 0.269 e. The number of benzene rings is 2. The van der Waals surface area contributed by atoms with Crippen LogP contribution in [0.4, 0.5) is 5.69 Å². The predicted molar refractivity (Wildman–Crippen MR) is 135 cm³/mol. The van der Waals surface area contributed by atoms with Crippen LogP contribution < -0.4 is 5.32 Å². The lowest BCUT2D eigenvalue weighted by atomic mass is 9.95. The van der Waals surface area contributed by atoms with Gasteiger partial charge in [0.15, 0.2) is 0 Å². The molecule has 1 atom stereocenters. The average Bonchev–Trinajstić information content (AvgIpc) is 2.83. The lowest BCUT2D eigenvalue weighted by Crippen LogP contribution is -2.50. The van der Waals surface area contributed by atoms with Gasteiger partial charge in [-0.15, -0.1) is 11.8 Å². The molecule has 1 aliphatic rings. The van der Waals surface area contributed by atoms with Gasteiger partial charge in [0.1, 0.15) is 6.04 Å². The van der Waals surface area contributed by atoms with E-state index in [0.29, 0.717) is 12.3 Å². The fourth-order valence-electron chi connectivity index (χ4n) is 4.21. The zero-order valence-corrected chi connectivity index (χ0v) is 20.7. The zero-order valence-electron chi connectivity index (χ0n) is 19.9. The number of aryl methyl sites for hydroxylation is 1. The number of hydrogen-bond donors (Lipinski definition) is 1. The Morgan fingerprint density at radius 3 is 2.47 bits per heavy atom. The molecule has 0 heterocycles. The highest BCUT2D eigenvalue weighted by molar-refractivity contribution is 7.99. The molecule has 0 radical (unpaired) electrons. The lowest BCUT2D eigenvalue weighted by molar-refractivity contribution is -0.384. The third kappa shape index (κ3) is 7.58. The predicted octanol–water partition coefficient (Wildman–Crippen LogP) is 5.00. The van der Waals surface area contributed by atoms with Crippen LogP contribution in [0.1, 0.15) is 55.7 Å². The van der Waals surface area contributed by atoms with Gasteiger partial charge in [-0.25, -0.2) is 0 Å². The van der Waals surface area contributed by atoms with Crippen LogP contribution in [0.3, 0.4) is 0 Å². The summed E-state index contributed by atoms with van der Waals surface area (Å²) in [6.07, 6.45) is 5.46. The second-order valence-electron chi connectivity index (χ2n) is 8.95. The van der Waals surface area contributed by atoms with Gasteiger partial charge in [0.05, 0.1) is 10.7 Å². The summed E-state index contributed by atoms with van der Waals surface area (Å²) in [4.78, 5) is 38.3. The highest BCUT2D eigenvalue weighted by Crippen LogP contribution is 2.20. The van der Waals surface area contributed by atoms with Crippen molar-refractivity contribution in [2.24, 2.45) is 0 Å². The summed E-state index contributed by atoms with van der Waals surface area (Å²) in [7, 11) is 0. The fourth-order valence-corrected chi connectivity index (χ4v) is 5.08. The van der Waals surface area contributed by atoms with E-state index in [1.807, 2.05) is 31.2 Å². The van der Waals surface area contributed by atoms with E-state index in [1.54, 1.807) is 24.0 Å². The Hall–Kier alpha value is -2.87.